The molecule has 0 radical (unpaired) electrons. The van der Waals surface area contributed by atoms with Crippen LogP contribution in [0.15, 0.2) is 128 Å². The van der Waals surface area contributed by atoms with Gasteiger partial charge < -0.3 is 0 Å². The lowest BCUT2D eigenvalue weighted by Crippen LogP contribution is -2.75. The van der Waals surface area contributed by atoms with Gasteiger partial charge in [-0.15, -0.1) is 0 Å². The number of halogens is 24. The number of rotatable bonds is 10. The maximum Gasteiger partial charge on any atom is 0.416 e. The van der Waals surface area contributed by atoms with Crippen molar-refractivity contribution in [1.29, 1.82) is 0 Å². The van der Waals surface area contributed by atoms with Crippen LogP contribution in [0.2, 0.25) is 0 Å². The van der Waals surface area contributed by atoms with E-state index in [2.05, 4.69) is 0 Å². The predicted molar refractivity (Wildman–Crippen MR) is 231 cm³/mol. The molecule has 1 heterocycles. The molecule has 0 aliphatic carbocycles. The van der Waals surface area contributed by atoms with Crippen LogP contribution in [0.4, 0.5) is 105 Å². The van der Waals surface area contributed by atoms with Crippen LogP contribution in [0.5, 0.6) is 0 Å². The van der Waals surface area contributed by atoms with Gasteiger partial charge in [0.05, 0.1) is 44.5 Å². The van der Waals surface area contributed by atoms with Crippen LogP contribution in [-0.2, 0) is 56.0 Å². The van der Waals surface area contributed by atoms with E-state index in [-0.39, 0.29) is 18.1 Å². The van der Waals surface area contributed by atoms with Crippen molar-refractivity contribution in [3.63, 3.8) is 0 Å². The number of benzene rings is 5. The summed E-state index contributed by atoms with van der Waals surface area (Å²) in [5.74, 6) is 0.382. The molecule has 0 saturated heterocycles. The normalized spacial score (nSPS) is 13.3. The number of pyridine rings is 1. The summed E-state index contributed by atoms with van der Waals surface area (Å²) in [5, 5.41) is 0. The van der Waals surface area contributed by atoms with Crippen LogP contribution in [0.3, 0.4) is 0 Å². The highest BCUT2D eigenvalue weighted by molar-refractivity contribution is 7.20. The van der Waals surface area contributed by atoms with Crippen LogP contribution in [0.25, 0.3) is 0 Å². The minimum atomic E-state index is -6.13. The Morgan fingerprint density at radius 1 is 0.372 bits per heavy atom. The Morgan fingerprint density at radius 2 is 0.628 bits per heavy atom. The van der Waals surface area contributed by atoms with E-state index in [1.807, 2.05) is 44.2 Å². The van der Waals surface area contributed by atoms with Crippen molar-refractivity contribution in [3.8, 4) is 0 Å². The SMILES string of the molecule is CC(C)CC(=O)c1cccc[n+]1CC(=O)c1ccccc1.FC(F)(F)c1cc([B-](c2cc(C(F)(F)F)cc(C(F)(F)F)c2)(c2cc(C(F)(F)F)cc(C(F)(F)F)c2)c2cc(C(F)(F)F)cc(C(F)(F)F)c2)cc(C(F)(F)F)c1. The first-order chi connectivity index (χ1) is 35.3. The second-order valence-electron chi connectivity index (χ2n) is 17.7. The van der Waals surface area contributed by atoms with Gasteiger partial charge in [0.2, 0.25) is 23.8 Å². The van der Waals surface area contributed by atoms with Gasteiger partial charge in [-0.3, -0.25) is 9.59 Å². The number of hydrogen-bond acceptors (Lipinski definition) is 2. The van der Waals surface area contributed by atoms with Gasteiger partial charge in [0, 0.05) is 24.1 Å². The summed E-state index contributed by atoms with van der Waals surface area (Å²) in [7, 11) is 0. The van der Waals surface area contributed by atoms with E-state index in [9.17, 15) is 115 Å². The van der Waals surface area contributed by atoms with E-state index in [0.29, 0.717) is 23.6 Å². The fraction of sp³-hybridized carbons (Fsp3) is 0.260. The number of aromatic nitrogens is 1. The van der Waals surface area contributed by atoms with E-state index >= 15 is 0 Å². The number of carbonyl (C=O) groups is 2. The fourth-order valence-corrected chi connectivity index (χ4v) is 8.28. The molecule has 0 aliphatic heterocycles. The zero-order valence-electron chi connectivity index (χ0n) is 39.0. The second kappa shape index (κ2) is 21.7. The average molecular weight is 1150 g/mol. The molecule has 0 spiro atoms. The Hall–Kier alpha value is -7.03. The molecule has 0 fully saturated rings. The van der Waals surface area contributed by atoms with Crippen molar-refractivity contribution in [3.05, 3.63) is 183 Å². The van der Waals surface area contributed by atoms with Crippen LogP contribution >= 0.6 is 0 Å². The van der Waals surface area contributed by atoms with Crippen molar-refractivity contribution in [2.45, 2.75) is 76.2 Å². The molecule has 0 atom stereocenters. The standard InChI is InChI=1S/C32H12BF24.C18H20NO2/c34-25(35,36)13-1-14(26(37,38)39)6-21(5-13)33(22-7-15(27(40,41)42)2-16(8-22)28(43,44)45,23-9-17(29(46,47)48)3-18(10-23)30(49,50)51)24-11-19(31(52,53)54)4-20(12-24)32(55,56)57;1-14(2)12-17(20)16-10-6-7-11-19(16)13-18(21)15-8-4-3-5-9-15/h1-12H;3-11,14H,12-13H2,1-2H3/q-1;+1. The third-order valence-electron chi connectivity index (χ3n) is 11.7. The Labute approximate surface area is 424 Å². The van der Waals surface area contributed by atoms with Gasteiger partial charge in [-0.25, -0.2) is 0 Å². The zero-order valence-corrected chi connectivity index (χ0v) is 39.0. The number of hydrogen-bond donors (Lipinski definition) is 0. The molecule has 0 N–H and O–H groups in total. The number of nitrogens with zero attached hydrogens (tertiary/aromatic N) is 1. The van der Waals surface area contributed by atoms with Gasteiger partial charge in [-0.05, 0) is 36.2 Å². The van der Waals surface area contributed by atoms with Crippen molar-refractivity contribution < 1.29 is 120 Å². The lowest BCUT2D eigenvalue weighted by molar-refractivity contribution is -0.685. The zero-order chi connectivity index (χ0) is 59.2. The molecule has 78 heavy (non-hydrogen) atoms. The lowest BCUT2D eigenvalue weighted by Gasteiger charge is -2.46. The van der Waals surface area contributed by atoms with E-state index in [1.54, 1.807) is 29.0 Å². The van der Waals surface area contributed by atoms with Gasteiger partial charge in [0.1, 0.15) is 6.15 Å². The monoisotopic (exact) mass is 1150 g/mol. The Kier molecular flexibility index (Phi) is 17.2. The highest BCUT2D eigenvalue weighted by Crippen LogP contribution is 2.41. The molecule has 420 valence electrons. The topological polar surface area (TPSA) is 38.0 Å². The van der Waals surface area contributed by atoms with E-state index in [4.69, 9.17) is 0 Å². The molecule has 0 bridgehead atoms. The third-order valence-corrected chi connectivity index (χ3v) is 11.7. The molecule has 3 nitrogen and oxygen atoms in total. The molecule has 0 unspecified atom stereocenters. The molecule has 6 rings (SSSR count). The maximum atomic E-state index is 14.2. The maximum absolute atomic E-state index is 14.2. The van der Waals surface area contributed by atoms with Gasteiger partial charge in [0.25, 0.3) is 0 Å². The molecular weight excluding hydrogens is 1110 g/mol. The first kappa shape index (κ1) is 61.8. The summed E-state index contributed by atoms with van der Waals surface area (Å²) in [6.07, 6.45) is -52.5. The molecular formula is C50H32BF24NO2. The number of carbonyl (C=O) groups excluding carboxylic acids is 2. The van der Waals surface area contributed by atoms with Crippen LogP contribution in [0, 0.1) is 5.92 Å². The molecule has 5 aromatic carbocycles. The summed E-state index contributed by atoms with van der Waals surface area (Å²) >= 11 is 0. The van der Waals surface area contributed by atoms with Gasteiger partial charge in [-0.1, -0.05) is 92.7 Å². The smallest absolute Gasteiger partial charge is 0.287 e. The largest absolute Gasteiger partial charge is 0.416 e. The van der Waals surface area contributed by atoms with Crippen molar-refractivity contribution in [1.82, 2.24) is 0 Å². The summed E-state index contributed by atoms with van der Waals surface area (Å²) in [6, 6.07) is 5.79. The van der Waals surface area contributed by atoms with Crippen LogP contribution in [-0.4, -0.2) is 17.7 Å². The van der Waals surface area contributed by atoms with Crippen LogP contribution in [0.1, 0.15) is 85.6 Å². The Bertz CT molecular complexity index is 2700. The van der Waals surface area contributed by atoms with Crippen LogP contribution < -0.4 is 26.4 Å². The Morgan fingerprint density at radius 3 is 0.872 bits per heavy atom. The highest BCUT2D eigenvalue weighted by Gasteiger charge is 2.47. The predicted octanol–water partition coefficient (Wildman–Crippen LogP) is 14.3. The fourth-order valence-electron chi connectivity index (χ4n) is 8.28. The first-order valence-corrected chi connectivity index (χ1v) is 21.8. The molecule has 0 aliphatic rings. The minimum absolute atomic E-state index is 0.00500. The van der Waals surface area contributed by atoms with E-state index in [1.165, 1.54) is 0 Å². The highest BCUT2D eigenvalue weighted by atomic mass is 19.4. The number of Topliss-reactive ketones (excluding diaryl/α,β-unsaturated/α-hetero) is 2. The summed E-state index contributed by atoms with van der Waals surface area (Å²) in [6.45, 7) is 4.21. The van der Waals surface area contributed by atoms with Gasteiger partial charge >= 0.3 is 49.4 Å². The van der Waals surface area contributed by atoms with E-state index in [0.717, 1.165) is 0 Å². The number of alkyl halides is 24. The second-order valence-corrected chi connectivity index (χ2v) is 17.7. The molecule has 6 aromatic rings. The summed E-state index contributed by atoms with van der Waals surface area (Å²) in [5.41, 5.74) is -28.9. The summed E-state index contributed by atoms with van der Waals surface area (Å²) < 4.78 is 343. The molecule has 0 saturated carbocycles. The first-order valence-electron chi connectivity index (χ1n) is 21.8. The molecule has 1 aromatic heterocycles. The average Bonchev–Trinajstić information content (AvgIpc) is 3.29. The van der Waals surface area contributed by atoms with Crippen molar-refractivity contribution in [2.24, 2.45) is 5.92 Å². The van der Waals surface area contributed by atoms with Crippen molar-refractivity contribution in [2.75, 3.05) is 0 Å². The Balaban J connectivity index is 0.000000443. The lowest BCUT2D eigenvalue weighted by atomic mass is 9.12. The summed E-state index contributed by atoms with van der Waals surface area (Å²) in [4.78, 5) is 24.5. The van der Waals surface area contributed by atoms with Gasteiger partial charge in [-0.2, -0.15) is 132 Å². The van der Waals surface area contributed by atoms with E-state index < -0.39 is 195 Å². The molecule has 0 amide bonds. The quantitative estimate of drug-likeness (QED) is 0.0593. The van der Waals surface area contributed by atoms with Crippen molar-refractivity contribution >= 4 is 39.6 Å². The van der Waals surface area contributed by atoms with Gasteiger partial charge in [0.15, 0.2) is 6.20 Å². The number of ketones is 2. The third kappa shape index (κ3) is 14.6. The minimum Gasteiger partial charge on any atom is -0.287 e. The molecule has 28 heteroatoms.